The Hall–Kier alpha value is -1.52. The highest BCUT2D eigenvalue weighted by atomic mass is 79.9. The number of alkyl halides is 1. The fourth-order valence-electron chi connectivity index (χ4n) is 1.72. The summed E-state index contributed by atoms with van der Waals surface area (Å²) >= 11 is 3.14. The highest BCUT2D eigenvalue weighted by Gasteiger charge is 2.30. The maximum atomic E-state index is 12.4. The van der Waals surface area contributed by atoms with Crippen LogP contribution in [-0.4, -0.2) is 37.3 Å². The monoisotopic (exact) mass is 408 g/mol. The second kappa shape index (κ2) is 8.94. The van der Waals surface area contributed by atoms with Crippen LogP contribution in [0.15, 0.2) is 29.2 Å². The number of carbonyl (C=O) groups is 1. The average Bonchev–Trinajstić information content (AvgIpc) is 2.52. The molecule has 0 aliphatic heterocycles. The molecule has 0 amide bonds. The van der Waals surface area contributed by atoms with Crippen molar-refractivity contribution in [2.24, 2.45) is 0 Å². The van der Waals surface area contributed by atoms with Gasteiger partial charge in [-0.25, -0.2) is 8.42 Å². The first-order chi connectivity index (χ1) is 10.8. The van der Waals surface area contributed by atoms with E-state index < -0.39 is 37.5 Å². The molecule has 0 saturated carbocycles. The van der Waals surface area contributed by atoms with Crippen LogP contribution in [0.1, 0.15) is 19.8 Å². The summed E-state index contributed by atoms with van der Waals surface area (Å²) in [7, 11) is -4.24. The van der Waals surface area contributed by atoms with Crippen molar-refractivity contribution in [3.63, 3.8) is 0 Å². The number of nitro groups is 1. The van der Waals surface area contributed by atoms with Gasteiger partial charge in [-0.3, -0.25) is 14.9 Å². The lowest BCUT2D eigenvalue weighted by molar-refractivity contribution is -0.387. The first kappa shape index (κ1) is 19.5. The van der Waals surface area contributed by atoms with E-state index in [9.17, 15) is 23.3 Å². The van der Waals surface area contributed by atoms with E-state index in [0.717, 1.165) is 12.1 Å². The average molecular weight is 409 g/mol. The number of para-hydroxylation sites is 1. The second-order valence-electron chi connectivity index (χ2n) is 4.54. The van der Waals surface area contributed by atoms with Crippen LogP contribution in [0.2, 0.25) is 0 Å². The summed E-state index contributed by atoms with van der Waals surface area (Å²) in [5.74, 6) is -0.714. The van der Waals surface area contributed by atoms with E-state index in [2.05, 4.69) is 20.7 Å². The molecule has 0 saturated heterocycles. The van der Waals surface area contributed by atoms with Crippen LogP contribution >= 0.6 is 15.9 Å². The standard InChI is InChI=1S/C13H17BrN2O6S/c1-2-9-22-13(17)10(7-8-14)15-23(20,21)12-6-4-3-5-11(12)16(18)19/h3-6,10,15H,2,7-9H2,1H3/t10-/m1/s1. The minimum atomic E-state index is -4.24. The lowest BCUT2D eigenvalue weighted by Crippen LogP contribution is -2.42. The Bertz CT molecular complexity index is 664. The van der Waals surface area contributed by atoms with Gasteiger partial charge < -0.3 is 4.74 Å². The number of hydrogen-bond donors (Lipinski definition) is 1. The molecule has 0 fully saturated rings. The van der Waals surface area contributed by atoms with Gasteiger partial charge in [0.15, 0.2) is 4.90 Å². The number of nitrogens with one attached hydrogen (secondary N) is 1. The summed E-state index contributed by atoms with van der Waals surface area (Å²) in [5.41, 5.74) is -0.556. The Kier molecular flexibility index (Phi) is 7.59. The van der Waals surface area contributed by atoms with Crippen molar-refractivity contribution < 1.29 is 22.9 Å². The second-order valence-corrected chi connectivity index (χ2v) is 7.02. The topological polar surface area (TPSA) is 116 Å². The summed E-state index contributed by atoms with van der Waals surface area (Å²) < 4.78 is 31.9. The number of sulfonamides is 1. The van der Waals surface area contributed by atoms with E-state index in [1.165, 1.54) is 12.1 Å². The largest absolute Gasteiger partial charge is 0.465 e. The molecule has 0 aliphatic rings. The third-order valence-corrected chi connectivity index (χ3v) is 4.76. The van der Waals surface area contributed by atoms with Crippen molar-refractivity contribution in [2.45, 2.75) is 30.7 Å². The number of rotatable bonds is 9. The molecule has 1 N–H and O–H groups in total. The molecule has 0 radical (unpaired) electrons. The fourth-order valence-corrected chi connectivity index (χ4v) is 3.57. The molecule has 0 aliphatic carbocycles. The zero-order valence-corrected chi connectivity index (χ0v) is 14.8. The first-order valence-electron chi connectivity index (χ1n) is 6.81. The van der Waals surface area contributed by atoms with E-state index in [-0.39, 0.29) is 13.0 Å². The Morgan fingerprint density at radius 3 is 2.65 bits per heavy atom. The summed E-state index contributed by atoms with van der Waals surface area (Å²) in [6.45, 7) is 1.98. The molecule has 23 heavy (non-hydrogen) atoms. The predicted octanol–water partition coefficient (Wildman–Crippen LogP) is 1.98. The van der Waals surface area contributed by atoms with Gasteiger partial charge in [0.05, 0.1) is 11.5 Å². The van der Waals surface area contributed by atoms with Gasteiger partial charge in [-0.2, -0.15) is 4.72 Å². The third-order valence-electron chi connectivity index (χ3n) is 2.78. The summed E-state index contributed by atoms with van der Waals surface area (Å²) in [6, 6.07) is 3.82. The van der Waals surface area contributed by atoms with Crippen LogP contribution in [0, 0.1) is 10.1 Å². The summed E-state index contributed by atoms with van der Waals surface area (Å²) in [4.78, 5) is 21.6. The van der Waals surface area contributed by atoms with Gasteiger partial charge in [-0.15, -0.1) is 0 Å². The number of carbonyl (C=O) groups excluding carboxylic acids is 1. The van der Waals surface area contributed by atoms with Crippen LogP contribution in [0.3, 0.4) is 0 Å². The van der Waals surface area contributed by atoms with Crippen LogP contribution in [0.4, 0.5) is 5.69 Å². The van der Waals surface area contributed by atoms with Gasteiger partial charge in [-0.1, -0.05) is 35.0 Å². The van der Waals surface area contributed by atoms with Crippen LogP contribution in [0.5, 0.6) is 0 Å². The normalized spacial score (nSPS) is 12.6. The number of esters is 1. The molecule has 0 heterocycles. The van der Waals surface area contributed by atoms with Crippen molar-refractivity contribution in [2.75, 3.05) is 11.9 Å². The molecule has 0 aromatic heterocycles. The Labute approximate surface area is 142 Å². The van der Waals surface area contributed by atoms with E-state index in [4.69, 9.17) is 4.74 Å². The van der Waals surface area contributed by atoms with Crippen molar-refractivity contribution in [3.8, 4) is 0 Å². The zero-order chi connectivity index (χ0) is 17.5. The first-order valence-corrected chi connectivity index (χ1v) is 9.42. The molecule has 1 atom stereocenters. The number of nitrogens with zero attached hydrogens (tertiary/aromatic N) is 1. The maximum absolute atomic E-state index is 12.4. The molecule has 10 heteroatoms. The number of nitro benzene ring substituents is 1. The highest BCUT2D eigenvalue weighted by Crippen LogP contribution is 2.23. The highest BCUT2D eigenvalue weighted by molar-refractivity contribution is 9.09. The van der Waals surface area contributed by atoms with Crippen LogP contribution < -0.4 is 4.72 Å². The summed E-state index contributed by atoms with van der Waals surface area (Å²) in [6.07, 6.45) is 0.756. The molecular formula is C13H17BrN2O6S. The van der Waals surface area contributed by atoms with Crippen molar-refractivity contribution >= 4 is 37.6 Å². The number of ether oxygens (including phenoxy) is 1. The SMILES string of the molecule is CCCOC(=O)[C@@H](CCBr)NS(=O)(=O)c1ccccc1[N+](=O)[O-]. The van der Waals surface area contributed by atoms with Gasteiger partial charge >= 0.3 is 5.97 Å². The molecule has 1 aromatic carbocycles. The van der Waals surface area contributed by atoms with Gasteiger partial charge in [0.2, 0.25) is 10.0 Å². The van der Waals surface area contributed by atoms with Crippen molar-refractivity contribution in [3.05, 3.63) is 34.4 Å². The van der Waals surface area contributed by atoms with Crippen molar-refractivity contribution in [1.82, 2.24) is 4.72 Å². The minimum Gasteiger partial charge on any atom is -0.465 e. The number of benzene rings is 1. The molecule has 1 aromatic rings. The Morgan fingerprint density at radius 2 is 2.09 bits per heavy atom. The quantitative estimate of drug-likeness (QED) is 0.289. The molecule has 8 nitrogen and oxygen atoms in total. The summed E-state index contributed by atoms with van der Waals surface area (Å²) in [5, 5.41) is 11.3. The lowest BCUT2D eigenvalue weighted by Gasteiger charge is -2.16. The van der Waals surface area contributed by atoms with E-state index in [1.807, 2.05) is 6.92 Å². The molecular weight excluding hydrogens is 392 g/mol. The fraction of sp³-hybridized carbons (Fsp3) is 0.462. The maximum Gasteiger partial charge on any atom is 0.324 e. The smallest absolute Gasteiger partial charge is 0.324 e. The van der Waals surface area contributed by atoms with Crippen LogP contribution in [0.25, 0.3) is 0 Å². The van der Waals surface area contributed by atoms with E-state index in [1.54, 1.807) is 0 Å². The lowest BCUT2D eigenvalue weighted by atomic mass is 10.2. The molecule has 0 bridgehead atoms. The van der Waals surface area contributed by atoms with Crippen molar-refractivity contribution in [1.29, 1.82) is 0 Å². The van der Waals surface area contributed by atoms with Crippen LogP contribution in [-0.2, 0) is 19.6 Å². The molecule has 0 unspecified atom stereocenters. The van der Waals surface area contributed by atoms with Gasteiger partial charge in [0, 0.05) is 11.4 Å². The molecule has 128 valence electrons. The van der Waals surface area contributed by atoms with E-state index in [0.29, 0.717) is 11.8 Å². The molecule has 1 rings (SSSR count). The van der Waals surface area contributed by atoms with Gasteiger partial charge in [0.1, 0.15) is 6.04 Å². The Morgan fingerprint density at radius 1 is 1.43 bits per heavy atom. The Balaban J connectivity index is 3.07. The minimum absolute atomic E-state index is 0.155. The predicted molar refractivity (Wildman–Crippen MR) is 86.9 cm³/mol. The van der Waals surface area contributed by atoms with Gasteiger partial charge in [-0.05, 0) is 18.9 Å². The van der Waals surface area contributed by atoms with E-state index >= 15 is 0 Å². The number of halogens is 1. The zero-order valence-electron chi connectivity index (χ0n) is 12.4. The van der Waals surface area contributed by atoms with Gasteiger partial charge in [0.25, 0.3) is 5.69 Å². The molecule has 0 spiro atoms. The number of hydrogen-bond acceptors (Lipinski definition) is 6. The third kappa shape index (κ3) is 5.56.